The fraction of sp³-hybridized carbons (Fsp3) is 0.444. The molecule has 1 aromatic rings. The number of nitrogens with two attached hydrogens (primary N) is 1. The van der Waals surface area contributed by atoms with Gasteiger partial charge in [-0.3, -0.25) is 4.90 Å². The van der Waals surface area contributed by atoms with Gasteiger partial charge < -0.3 is 5.73 Å². The summed E-state index contributed by atoms with van der Waals surface area (Å²) >= 11 is 11.7. The fourth-order valence-electron chi connectivity index (χ4n) is 1.12. The van der Waals surface area contributed by atoms with Gasteiger partial charge in [-0.25, -0.2) is 4.98 Å². The third kappa shape index (κ3) is 3.42. The van der Waals surface area contributed by atoms with Crippen molar-refractivity contribution in [1.82, 2.24) is 9.88 Å². The van der Waals surface area contributed by atoms with Crippen molar-refractivity contribution in [2.45, 2.75) is 6.54 Å². The summed E-state index contributed by atoms with van der Waals surface area (Å²) in [5, 5.41) is 1.10. The van der Waals surface area contributed by atoms with Crippen LogP contribution in [0, 0.1) is 0 Å². The highest BCUT2D eigenvalue weighted by Gasteiger charge is 2.05. The first-order valence-corrected chi connectivity index (χ1v) is 5.08. The summed E-state index contributed by atoms with van der Waals surface area (Å²) in [5.74, 6) is 0. The average molecular weight is 234 g/mol. The molecule has 0 unspecified atom stereocenters. The van der Waals surface area contributed by atoms with Gasteiger partial charge in [0.1, 0.15) is 5.15 Å². The SMILES string of the molecule is CN(CCN)Cc1nc(Cl)ccc1Cl. The van der Waals surface area contributed by atoms with Crippen molar-refractivity contribution in [1.29, 1.82) is 0 Å². The van der Waals surface area contributed by atoms with Crippen molar-refractivity contribution in [3.63, 3.8) is 0 Å². The molecule has 0 amide bonds. The van der Waals surface area contributed by atoms with Crippen molar-refractivity contribution in [2.75, 3.05) is 20.1 Å². The molecule has 0 saturated carbocycles. The lowest BCUT2D eigenvalue weighted by Gasteiger charge is -2.15. The van der Waals surface area contributed by atoms with Crippen LogP contribution < -0.4 is 5.73 Å². The normalized spacial score (nSPS) is 10.9. The van der Waals surface area contributed by atoms with Crippen molar-refractivity contribution >= 4 is 23.2 Å². The van der Waals surface area contributed by atoms with E-state index in [-0.39, 0.29) is 0 Å². The highest BCUT2D eigenvalue weighted by atomic mass is 35.5. The Kier molecular flexibility index (Phi) is 4.62. The lowest BCUT2D eigenvalue weighted by molar-refractivity contribution is 0.332. The largest absolute Gasteiger partial charge is 0.329 e. The van der Waals surface area contributed by atoms with Crippen LogP contribution in [0.25, 0.3) is 0 Å². The van der Waals surface area contributed by atoms with Gasteiger partial charge in [-0.1, -0.05) is 23.2 Å². The molecular weight excluding hydrogens is 221 g/mol. The molecule has 78 valence electrons. The fourth-order valence-corrected chi connectivity index (χ4v) is 1.45. The van der Waals surface area contributed by atoms with E-state index in [1.165, 1.54) is 0 Å². The molecule has 0 spiro atoms. The van der Waals surface area contributed by atoms with Crippen LogP contribution in [-0.2, 0) is 6.54 Å². The Bertz CT molecular complexity index is 304. The molecule has 3 nitrogen and oxygen atoms in total. The van der Waals surface area contributed by atoms with Gasteiger partial charge in [0.2, 0.25) is 0 Å². The van der Waals surface area contributed by atoms with E-state index in [9.17, 15) is 0 Å². The topological polar surface area (TPSA) is 42.1 Å². The molecule has 0 aliphatic carbocycles. The maximum absolute atomic E-state index is 5.96. The molecule has 0 aliphatic heterocycles. The van der Waals surface area contributed by atoms with E-state index in [0.717, 1.165) is 12.2 Å². The summed E-state index contributed by atoms with van der Waals surface area (Å²) < 4.78 is 0. The van der Waals surface area contributed by atoms with Crippen LogP contribution in [0.2, 0.25) is 10.2 Å². The van der Waals surface area contributed by atoms with Crippen LogP contribution in [0.4, 0.5) is 0 Å². The number of pyridine rings is 1. The Morgan fingerprint density at radius 2 is 2.14 bits per heavy atom. The van der Waals surface area contributed by atoms with Crippen LogP contribution in [0.1, 0.15) is 5.69 Å². The summed E-state index contributed by atoms with van der Waals surface area (Å²) in [6.45, 7) is 2.09. The van der Waals surface area contributed by atoms with E-state index in [0.29, 0.717) is 23.3 Å². The molecule has 5 heteroatoms. The summed E-state index contributed by atoms with van der Waals surface area (Å²) in [5.41, 5.74) is 6.22. The van der Waals surface area contributed by atoms with Crippen molar-refractivity contribution in [3.8, 4) is 0 Å². The number of likely N-dealkylation sites (N-methyl/N-ethyl adjacent to an activating group) is 1. The number of aromatic nitrogens is 1. The summed E-state index contributed by atoms with van der Waals surface area (Å²) in [6, 6.07) is 3.43. The van der Waals surface area contributed by atoms with Gasteiger partial charge in [0.05, 0.1) is 10.7 Å². The molecule has 0 atom stereocenters. The Labute approximate surface area is 93.8 Å². The maximum Gasteiger partial charge on any atom is 0.129 e. The molecule has 2 N–H and O–H groups in total. The Hall–Kier alpha value is -0.350. The number of hydrogen-bond donors (Lipinski definition) is 1. The second-order valence-electron chi connectivity index (χ2n) is 3.09. The first kappa shape index (κ1) is 11.7. The lowest BCUT2D eigenvalue weighted by atomic mass is 10.3. The second kappa shape index (κ2) is 5.51. The Morgan fingerprint density at radius 1 is 1.43 bits per heavy atom. The molecule has 0 radical (unpaired) electrons. The van der Waals surface area contributed by atoms with Gasteiger partial charge in [0.25, 0.3) is 0 Å². The zero-order valence-corrected chi connectivity index (χ0v) is 9.52. The van der Waals surface area contributed by atoms with Gasteiger partial charge in [0.15, 0.2) is 0 Å². The van der Waals surface area contributed by atoms with Crippen molar-refractivity contribution in [3.05, 3.63) is 28.0 Å². The van der Waals surface area contributed by atoms with Crippen LogP contribution in [0.15, 0.2) is 12.1 Å². The van der Waals surface area contributed by atoms with E-state index >= 15 is 0 Å². The van der Waals surface area contributed by atoms with Gasteiger partial charge >= 0.3 is 0 Å². The number of hydrogen-bond acceptors (Lipinski definition) is 3. The summed E-state index contributed by atoms with van der Waals surface area (Å²) in [4.78, 5) is 6.19. The standard InChI is InChI=1S/C9H13Cl2N3/c1-14(5-4-12)6-8-7(10)2-3-9(11)13-8/h2-3H,4-6,12H2,1H3. The minimum atomic E-state index is 0.463. The highest BCUT2D eigenvalue weighted by molar-refractivity contribution is 6.32. The zero-order chi connectivity index (χ0) is 10.6. The van der Waals surface area contributed by atoms with Gasteiger partial charge in [-0.2, -0.15) is 0 Å². The lowest BCUT2D eigenvalue weighted by Crippen LogP contribution is -2.25. The summed E-state index contributed by atoms with van der Waals surface area (Å²) in [7, 11) is 1.96. The smallest absolute Gasteiger partial charge is 0.129 e. The van der Waals surface area contributed by atoms with Crippen molar-refractivity contribution in [2.24, 2.45) is 5.73 Å². The number of nitrogens with zero attached hydrogens (tertiary/aromatic N) is 2. The molecule has 0 aliphatic rings. The Balaban J connectivity index is 2.70. The monoisotopic (exact) mass is 233 g/mol. The maximum atomic E-state index is 5.96. The van der Waals surface area contributed by atoms with Crippen molar-refractivity contribution < 1.29 is 0 Å². The molecule has 1 rings (SSSR count). The van der Waals surface area contributed by atoms with Gasteiger partial charge in [-0.15, -0.1) is 0 Å². The number of halogens is 2. The van der Waals surface area contributed by atoms with Crippen LogP contribution in [-0.4, -0.2) is 30.0 Å². The van der Waals surface area contributed by atoms with Crippen LogP contribution in [0.5, 0.6) is 0 Å². The first-order valence-electron chi connectivity index (χ1n) is 4.33. The third-order valence-electron chi connectivity index (χ3n) is 1.82. The molecule has 0 aromatic carbocycles. The molecule has 0 saturated heterocycles. The first-order chi connectivity index (χ1) is 6.63. The van der Waals surface area contributed by atoms with Crippen LogP contribution >= 0.6 is 23.2 Å². The van der Waals surface area contributed by atoms with E-state index in [1.807, 2.05) is 11.9 Å². The van der Waals surface area contributed by atoms with E-state index in [2.05, 4.69) is 4.98 Å². The predicted octanol–water partition coefficient (Wildman–Crippen LogP) is 1.78. The molecule has 0 fully saturated rings. The molecular formula is C9H13Cl2N3. The average Bonchev–Trinajstić information content (AvgIpc) is 2.12. The molecule has 0 bridgehead atoms. The minimum absolute atomic E-state index is 0.463. The van der Waals surface area contributed by atoms with E-state index in [1.54, 1.807) is 12.1 Å². The Morgan fingerprint density at radius 3 is 2.79 bits per heavy atom. The van der Waals surface area contributed by atoms with Gasteiger partial charge in [0, 0.05) is 19.6 Å². The highest BCUT2D eigenvalue weighted by Crippen LogP contribution is 2.17. The van der Waals surface area contributed by atoms with Gasteiger partial charge in [-0.05, 0) is 19.2 Å². The number of rotatable bonds is 4. The minimum Gasteiger partial charge on any atom is -0.329 e. The zero-order valence-electron chi connectivity index (χ0n) is 8.00. The second-order valence-corrected chi connectivity index (χ2v) is 3.88. The summed E-state index contributed by atoms with van der Waals surface area (Å²) in [6.07, 6.45) is 0. The molecule has 1 aromatic heterocycles. The van der Waals surface area contributed by atoms with E-state index < -0.39 is 0 Å². The molecule has 14 heavy (non-hydrogen) atoms. The molecule has 1 heterocycles. The third-order valence-corrected chi connectivity index (χ3v) is 2.37. The predicted molar refractivity (Wildman–Crippen MR) is 59.6 cm³/mol. The quantitative estimate of drug-likeness (QED) is 0.807. The van der Waals surface area contributed by atoms with Crippen LogP contribution in [0.3, 0.4) is 0 Å². The van der Waals surface area contributed by atoms with E-state index in [4.69, 9.17) is 28.9 Å².